The lowest BCUT2D eigenvalue weighted by Gasteiger charge is -1.99. The molecule has 1 nitrogen and oxygen atoms in total. The van der Waals surface area contributed by atoms with Crippen molar-refractivity contribution in [1.82, 2.24) is 0 Å². The van der Waals surface area contributed by atoms with Gasteiger partial charge in [0.1, 0.15) is 5.75 Å². The summed E-state index contributed by atoms with van der Waals surface area (Å²) in [6.45, 7) is 0. The minimum Gasteiger partial charge on any atom is -0.496 e. The Morgan fingerprint density at radius 1 is 1.00 bits per heavy atom. The van der Waals surface area contributed by atoms with Gasteiger partial charge in [0.25, 0.3) is 0 Å². The molecule has 0 N–H and O–H groups in total. The van der Waals surface area contributed by atoms with Crippen LogP contribution in [0.4, 0.5) is 0 Å². The zero-order chi connectivity index (χ0) is 11.2. The molecule has 0 aromatic heterocycles. The van der Waals surface area contributed by atoms with Crippen LogP contribution in [-0.2, 0) is 0 Å². The molecule has 0 amide bonds. The predicted molar refractivity (Wildman–Crippen MR) is 67.2 cm³/mol. The monoisotopic (exact) mass is 209 g/mol. The van der Waals surface area contributed by atoms with Gasteiger partial charge in [-0.1, -0.05) is 48.6 Å². The summed E-state index contributed by atoms with van der Waals surface area (Å²) >= 11 is 0. The Hall–Kier alpha value is -2.02. The first-order chi connectivity index (χ1) is 7.88. The van der Waals surface area contributed by atoms with Gasteiger partial charge in [-0.2, -0.15) is 0 Å². The third-order valence-electron chi connectivity index (χ3n) is 2.29. The van der Waals surface area contributed by atoms with Gasteiger partial charge in [-0.15, -0.1) is 0 Å². The zero-order valence-corrected chi connectivity index (χ0v) is 9.18. The number of rotatable bonds is 3. The van der Waals surface area contributed by atoms with Gasteiger partial charge in [0.05, 0.1) is 7.11 Å². The van der Waals surface area contributed by atoms with Crippen molar-refractivity contribution in [3.8, 4) is 5.75 Å². The van der Waals surface area contributed by atoms with E-state index < -0.39 is 0 Å². The number of benzene rings is 2. The minimum absolute atomic E-state index is 0.759. The average molecular weight is 209 g/mol. The lowest BCUT2D eigenvalue weighted by molar-refractivity contribution is 0.414. The van der Waals surface area contributed by atoms with Crippen molar-refractivity contribution in [2.45, 2.75) is 0 Å². The van der Waals surface area contributed by atoms with Gasteiger partial charge in [0.2, 0.25) is 0 Å². The summed E-state index contributed by atoms with van der Waals surface area (Å²) in [6, 6.07) is 19.0. The molecule has 0 atom stereocenters. The Morgan fingerprint density at radius 3 is 2.50 bits per heavy atom. The van der Waals surface area contributed by atoms with Gasteiger partial charge in [-0.3, -0.25) is 0 Å². The van der Waals surface area contributed by atoms with Gasteiger partial charge in [0.15, 0.2) is 0 Å². The maximum absolute atomic E-state index is 5.12. The van der Waals surface area contributed by atoms with Gasteiger partial charge in [-0.05, 0) is 23.3 Å². The van der Waals surface area contributed by atoms with Crippen molar-refractivity contribution >= 4 is 12.2 Å². The third-order valence-corrected chi connectivity index (χ3v) is 2.29. The van der Waals surface area contributed by atoms with Crippen molar-refractivity contribution in [3.63, 3.8) is 0 Å². The molecule has 1 heteroatoms. The van der Waals surface area contributed by atoms with E-state index in [-0.39, 0.29) is 0 Å². The smallest absolute Gasteiger partial charge is 0.127 e. The van der Waals surface area contributed by atoms with Gasteiger partial charge in [0, 0.05) is 6.07 Å². The van der Waals surface area contributed by atoms with Crippen LogP contribution in [0.5, 0.6) is 5.75 Å². The highest BCUT2D eigenvalue weighted by Gasteiger charge is 1.91. The minimum atomic E-state index is 0.759. The van der Waals surface area contributed by atoms with E-state index >= 15 is 0 Å². The fourth-order valence-corrected chi connectivity index (χ4v) is 1.44. The molecule has 0 heterocycles. The summed E-state index contributed by atoms with van der Waals surface area (Å²) in [5.41, 5.74) is 2.30. The van der Waals surface area contributed by atoms with E-state index in [1.54, 1.807) is 7.11 Å². The van der Waals surface area contributed by atoms with Crippen LogP contribution in [0.25, 0.3) is 12.2 Å². The van der Waals surface area contributed by atoms with E-state index in [1.165, 1.54) is 5.56 Å². The molecular weight excluding hydrogens is 196 g/mol. The maximum Gasteiger partial charge on any atom is 0.127 e. The summed E-state index contributed by atoms with van der Waals surface area (Å²) in [7, 11) is 1.65. The lowest BCUT2D eigenvalue weighted by Crippen LogP contribution is -1.82. The highest BCUT2D eigenvalue weighted by Crippen LogP contribution is 2.14. The molecule has 2 aromatic carbocycles. The molecule has 0 spiro atoms. The van der Waals surface area contributed by atoms with Crippen LogP contribution in [0.3, 0.4) is 0 Å². The molecule has 0 aliphatic rings. The van der Waals surface area contributed by atoms with Gasteiger partial charge < -0.3 is 4.74 Å². The van der Waals surface area contributed by atoms with Crippen LogP contribution >= 0.6 is 0 Å². The Morgan fingerprint density at radius 2 is 1.75 bits per heavy atom. The van der Waals surface area contributed by atoms with Crippen LogP contribution < -0.4 is 4.74 Å². The van der Waals surface area contributed by atoms with Crippen molar-refractivity contribution in [2.75, 3.05) is 7.11 Å². The van der Waals surface area contributed by atoms with Crippen molar-refractivity contribution in [1.29, 1.82) is 0 Å². The number of hydrogen-bond acceptors (Lipinski definition) is 1. The third kappa shape index (κ3) is 2.74. The van der Waals surface area contributed by atoms with Crippen LogP contribution in [0, 0.1) is 6.07 Å². The SMILES string of the molecule is COc1[c]ccc(C=Cc2ccccc2)c1. The van der Waals surface area contributed by atoms with E-state index in [4.69, 9.17) is 4.74 Å². The second-order valence-electron chi connectivity index (χ2n) is 3.43. The van der Waals surface area contributed by atoms with Gasteiger partial charge >= 0.3 is 0 Å². The molecule has 2 rings (SSSR count). The quantitative estimate of drug-likeness (QED) is 0.701. The molecule has 0 aliphatic heterocycles. The molecule has 1 radical (unpaired) electrons. The normalized spacial score (nSPS) is 10.6. The van der Waals surface area contributed by atoms with E-state index in [0.717, 1.165) is 11.3 Å². The molecule has 79 valence electrons. The summed E-state index contributed by atoms with van der Waals surface area (Å²) in [5.74, 6) is 0.759. The summed E-state index contributed by atoms with van der Waals surface area (Å²) in [5, 5.41) is 0. The van der Waals surface area contributed by atoms with Gasteiger partial charge in [-0.25, -0.2) is 0 Å². The molecule has 0 fully saturated rings. The summed E-state index contributed by atoms with van der Waals surface area (Å²) in [6.07, 6.45) is 4.14. The molecule has 0 saturated heterocycles. The molecular formula is C15H13O. The van der Waals surface area contributed by atoms with Crippen molar-refractivity contribution < 1.29 is 4.74 Å². The molecule has 0 bridgehead atoms. The maximum atomic E-state index is 5.12. The zero-order valence-electron chi connectivity index (χ0n) is 9.18. The first-order valence-corrected chi connectivity index (χ1v) is 5.17. The Kier molecular flexibility index (Phi) is 3.39. The average Bonchev–Trinajstić information content (AvgIpc) is 2.38. The first-order valence-electron chi connectivity index (χ1n) is 5.17. The van der Waals surface area contributed by atoms with Crippen LogP contribution in [0.15, 0.2) is 48.5 Å². The topological polar surface area (TPSA) is 9.23 Å². The number of hydrogen-bond donors (Lipinski definition) is 0. The standard InChI is InChI=1S/C15H13O/c1-16-15-9-5-8-14(12-15)11-10-13-6-3-2-4-7-13/h2-8,10-12H,1H3. The number of ether oxygens (including phenoxy) is 1. The molecule has 16 heavy (non-hydrogen) atoms. The predicted octanol–water partition coefficient (Wildman–Crippen LogP) is 3.67. The Balaban J connectivity index is 2.17. The fourth-order valence-electron chi connectivity index (χ4n) is 1.44. The highest BCUT2D eigenvalue weighted by atomic mass is 16.5. The van der Waals surface area contributed by atoms with Crippen LogP contribution in [0.1, 0.15) is 11.1 Å². The highest BCUT2D eigenvalue weighted by molar-refractivity contribution is 5.69. The van der Waals surface area contributed by atoms with E-state index in [2.05, 4.69) is 30.4 Å². The van der Waals surface area contributed by atoms with Crippen molar-refractivity contribution in [3.05, 3.63) is 65.7 Å². The Labute approximate surface area is 96.0 Å². The van der Waals surface area contributed by atoms with Crippen LogP contribution in [0.2, 0.25) is 0 Å². The molecule has 0 saturated carbocycles. The van der Waals surface area contributed by atoms with E-state index in [1.807, 2.05) is 36.4 Å². The molecule has 0 unspecified atom stereocenters. The second kappa shape index (κ2) is 5.17. The first kappa shape index (κ1) is 10.5. The van der Waals surface area contributed by atoms with Crippen molar-refractivity contribution in [2.24, 2.45) is 0 Å². The lowest BCUT2D eigenvalue weighted by atomic mass is 10.1. The fraction of sp³-hybridized carbons (Fsp3) is 0.0667. The molecule has 0 aliphatic carbocycles. The van der Waals surface area contributed by atoms with E-state index in [9.17, 15) is 0 Å². The second-order valence-corrected chi connectivity index (χ2v) is 3.43. The van der Waals surface area contributed by atoms with E-state index in [0.29, 0.717) is 0 Å². The largest absolute Gasteiger partial charge is 0.496 e. The number of methoxy groups -OCH3 is 1. The summed E-state index contributed by atoms with van der Waals surface area (Å²) < 4.78 is 5.12. The molecule has 2 aromatic rings. The van der Waals surface area contributed by atoms with Crippen LogP contribution in [-0.4, -0.2) is 7.11 Å². The summed E-state index contributed by atoms with van der Waals surface area (Å²) in [4.78, 5) is 0. The Bertz CT molecular complexity index is 472.